The Morgan fingerprint density at radius 2 is 1.85 bits per heavy atom. The number of aryl methyl sites for hydroxylation is 1. The third-order valence-corrected chi connectivity index (χ3v) is 7.12. The molecule has 1 aliphatic rings. The minimum absolute atomic E-state index is 0.0923. The highest BCUT2D eigenvalue weighted by Gasteiger charge is 2.40. The number of hydrogen-bond donors (Lipinski definition) is 1. The monoisotopic (exact) mass is 474 g/mol. The van der Waals surface area contributed by atoms with E-state index in [0.29, 0.717) is 10.8 Å². The van der Waals surface area contributed by atoms with Crippen molar-refractivity contribution in [1.29, 1.82) is 0 Å². The largest absolute Gasteiger partial charge is 0.309 e. The van der Waals surface area contributed by atoms with Crippen LogP contribution in [-0.4, -0.2) is 40.7 Å². The number of rotatable bonds is 7. The lowest BCUT2D eigenvalue weighted by Crippen LogP contribution is -2.26. The number of H-pyrrole nitrogens is 1. The van der Waals surface area contributed by atoms with Crippen molar-refractivity contribution in [2.45, 2.75) is 31.1 Å². The number of hydrogen-bond acceptors (Lipinski definition) is 3. The van der Waals surface area contributed by atoms with Crippen LogP contribution in [0.2, 0.25) is 5.02 Å². The van der Waals surface area contributed by atoms with Gasteiger partial charge in [0.1, 0.15) is 5.82 Å². The van der Waals surface area contributed by atoms with E-state index in [0.717, 1.165) is 49.2 Å². The third kappa shape index (κ3) is 4.38. The Bertz CT molecular complexity index is 1300. The van der Waals surface area contributed by atoms with Gasteiger partial charge in [-0.05, 0) is 93.3 Å². The summed E-state index contributed by atoms with van der Waals surface area (Å²) >= 11 is 6.13. The molecule has 0 saturated carbocycles. The van der Waals surface area contributed by atoms with Crippen LogP contribution in [0, 0.1) is 5.82 Å². The minimum atomic E-state index is -0.193. The first-order chi connectivity index (χ1) is 16.4. The van der Waals surface area contributed by atoms with Crippen molar-refractivity contribution in [3.05, 3.63) is 94.3 Å². The van der Waals surface area contributed by atoms with Crippen LogP contribution in [-0.2, 0) is 11.8 Å². The van der Waals surface area contributed by atoms with Crippen LogP contribution in [0.5, 0.6) is 0 Å². The fourth-order valence-corrected chi connectivity index (χ4v) is 5.41. The molecular formula is C28H28ClFN4. The number of aromatic amines is 1. The van der Waals surface area contributed by atoms with Crippen molar-refractivity contribution in [2.24, 2.45) is 0 Å². The molecular weight excluding hydrogens is 447 g/mol. The zero-order chi connectivity index (χ0) is 23.7. The van der Waals surface area contributed by atoms with Gasteiger partial charge in [0.25, 0.3) is 0 Å². The van der Waals surface area contributed by atoms with Crippen LogP contribution in [0.1, 0.15) is 36.0 Å². The second-order valence-corrected chi connectivity index (χ2v) is 9.82. The van der Waals surface area contributed by atoms with Crippen LogP contribution < -0.4 is 0 Å². The molecule has 4 aromatic rings. The van der Waals surface area contributed by atoms with Crippen molar-refractivity contribution >= 4 is 11.6 Å². The molecule has 0 spiro atoms. The number of fused-ring (bicyclic) bond motifs is 1. The highest BCUT2D eigenvalue weighted by atomic mass is 35.5. The molecule has 0 fully saturated rings. The van der Waals surface area contributed by atoms with Gasteiger partial charge < -0.3 is 4.90 Å². The summed E-state index contributed by atoms with van der Waals surface area (Å²) < 4.78 is 13.7. The molecule has 0 radical (unpaired) electrons. The lowest BCUT2D eigenvalue weighted by molar-refractivity contribution is 0.359. The molecule has 1 aliphatic carbocycles. The first kappa shape index (κ1) is 22.8. The number of nitrogens with one attached hydrogen (secondary N) is 1. The van der Waals surface area contributed by atoms with Crippen molar-refractivity contribution < 1.29 is 4.39 Å². The second kappa shape index (κ2) is 9.32. The first-order valence-electron chi connectivity index (χ1n) is 11.7. The van der Waals surface area contributed by atoms with Crippen LogP contribution in [0.4, 0.5) is 4.39 Å². The van der Waals surface area contributed by atoms with Gasteiger partial charge in [0, 0.05) is 21.6 Å². The molecule has 0 amide bonds. The maximum absolute atomic E-state index is 13.7. The van der Waals surface area contributed by atoms with E-state index < -0.39 is 0 Å². The topological polar surface area (TPSA) is 44.8 Å². The van der Waals surface area contributed by atoms with E-state index in [-0.39, 0.29) is 11.2 Å². The molecule has 6 heteroatoms. The summed E-state index contributed by atoms with van der Waals surface area (Å²) in [6, 6.07) is 21.2. The maximum atomic E-state index is 13.7. The van der Waals surface area contributed by atoms with Crippen molar-refractivity contribution in [3.8, 4) is 22.8 Å². The lowest BCUT2D eigenvalue weighted by atomic mass is 9.72. The average molecular weight is 475 g/mol. The minimum Gasteiger partial charge on any atom is -0.309 e. The molecule has 1 heterocycles. The molecule has 0 bridgehead atoms. The van der Waals surface area contributed by atoms with Gasteiger partial charge >= 0.3 is 0 Å². The highest BCUT2D eigenvalue weighted by Crippen LogP contribution is 2.48. The summed E-state index contributed by atoms with van der Waals surface area (Å²) in [5.41, 5.74) is 5.67. The lowest BCUT2D eigenvalue weighted by Gasteiger charge is -2.32. The van der Waals surface area contributed by atoms with Crippen LogP contribution in [0.15, 0.2) is 66.7 Å². The Morgan fingerprint density at radius 1 is 1.03 bits per heavy atom. The second-order valence-electron chi connectivity index (χ2n) is 9.39. The van der Waals surface area contributed by atoms with Crippen LogP contribution in [0.25, 0.3) is 22.8 Å². The van der Waals surface area contributed by atoms with Crippen LogP contribution >= 0.6 is 11.6 Å². The zero-order valence-corrected chi connectivity index (χ0v) is 20.2. The Hall–Kier alpha value is -3.02. The predicted octanol–water partition coefficient (Wildman–Crippen LogP) is 6.51. The Morgan fingerprint density at radius 3 is 2.62 bits per heavy atom. The zero-order valence-electron chi connectivity index (χ0n) is 19.5. The molecule has 0 aliphatic heterocycles. The van der Waals surface area contributed by atoms with E-state index in [1.807, 2.05) is 36.4 Å². The number of benzene rings is 3. The first-order valence-corrected chi connectivity index (χ1v) is 12.1. The molecule has 1 unspecified atom stereocenters. The summed E-state index contributed by atoms with van der Waals surface area (Å²) in [7, 11) is 4.21. The predicted molar refractivity (Wildman–Crippen MR) is 136 cm³/mol. The fraction of sp³-hybridized carbons (Fsp3) is 0.286. The Kier molecular flexibility index (Phi) is 6.24. The van der Waals surface area contributed by atoms with E-state index >= 15 is 0 Å². The molecule has 1 N–H and O–H groups in total. The smallest absolute Gasteiger partial charge is 0.181 e. The van der Waals surface area contributed by atoms with E-state index in [4.69, 9.17) is 16.6 Å². The summed E-state index contributed by atoms with van der Waals surface area (Å²) in [5, 5.41) is 8.15. The van der Waals surface area contributed by atoms with Gasteiger partial charge in [0.05, 0.1) is 0 Å². The van der Waals surface area contributed by atoms with Gasteiger partial charge in [0.15, 0.2) is 11.6 Å². The summed E-state index contributed by atoms with van der Waals surface area (Å²) in [6.07, 6.45) is 4.12. The summed E-state index contributed by atoms with van der Waals surface area (Å²) in [6.45, 7) is 1.03. The molecule has 174 valence electrons. The third-order valence-electron chi connectivity index (χ3n) is 6.89. The molecule has 1 aromatic heterocycles. The van der Waals surface area contributed by atoms with Crippen molar-refractivity contribution in [2.75, 3.05) is 20.6 Å². The normalized spacial score (nSPS) is 17.3. The Labute approximate surface area is 204 Å². The van der Waals surface area contributed by atoms with E-state index in [2.05, 4.69) is 47.4 Å². The van der Waals surface area contributed by atoms with E-state index in [1.54, 1.807) is 12.1 Å². The molecule has 5 rings (SSSR count). The maximum Gasteiger partial charge on any atom is 0.181 e. The SMILES string of the molecule is CN(C)CCCC1(c2ccc(F)cc2)CCc2cc(-c3nc(-c4cccc(Cl)c4)n[nH]3)ccc21. The van der Waals surface area contributed by atoms with E-state index in [9.17, 15) is 4.39 Å². The summed E-state index contributed by atoms with van der Waals surface area (Å²) in [5.74, 6) is 1.17. The fourth-order valence-electron chi connectivity index (χ4n) is 5.21. The van der Waals surface area contributed by atoms with Gasteiger partial charge in [-0.25, -0.2) is 9.37 Å². The summed E-state index contributed by atoms with van der Waals surface area (Å²) in [4.78, 5) is 6.94. The van der Waals surface area contributed by atoms with Crippen LogP contribution in [0.3, 0.4) is 0 Å². The standard InChI is InChI=1S/C28H28ClFN4/c1-34(2)16-4-14-28(22-8-10-24(30)11-9-22)15-13-19-17-21(7-12-25(19)28)27-31-26(32-33-27)20-5-3-6-23(29)18-20/h3,5-12,17-18H,4,13-16H2,1-2H3,(H,31,32,33). The van der Waals surface area contributed by atoms with Gasteiger partial charge in [-0.1, -0.05) is 48.0 Å². The Balaban J connectivity index is 1.48. The number of nitrogens with zero attached hydrogens (tertiary/aromatic N) is 3. The molecule has 3 aromatic carbocycles. The quantitative estimate of drug-likeness (QED) is 0.332. The molecule has 34 heavy (non-hydrogen) atoms. The molecule has 4 nitrogen and oxygen atoms in total. The van der Waals surface area contributed by atoms with Crippen molar-refractivity contribution in [3.63, 3.8) is 0 Å². The molecule has 0 saturated heterocycles. The average Bonchev–Trinajstić information content (AvgIpc) is 3.45. The van der Waals surface area contributed by atoms with Gasteiger partial charge in [-0.2, -0.15) is 5.10 Å². The number of aromatic nitrogens is 3. The van der Waals surface area contributed by atoms with E-state index in [1.165, 1.54) is 16.7 Å². The van der Waals surface area contributed by atoms with Gasteiger partial charge in [-0.15, -0.1) is 0 Å². The van der Waals surface area contributed by atoms with Gasteiger partial charge in [-0.3, -0.25) is 5.10 Å². The number of halogens is 2. The van der Waals surface area contributed by atoms with Crippen molar-refractivity contribution in [1.82, 2.24) is 20.1 Å². The highest BCUT2D eigenvalue weighted by molar-refractivity contribution is 6.30. The molecule has 1 atom stereocenters. The van der Waals surface area contributed by atoms with Gasteiger partial charge in [0.2, 0.25) is 0 Å².